The maximum absolute atomic E-state index is 12.1. The zero-order valence-corrected chi connectivity index (χ0v) is 15.0. The minimum atomic E-state index is -0.217. The van der Waals surface area contributed by atoms with Crippen LogP contribution in [0.15, 0.2) is 29.4 Å². The molecular weight excluding hydrogens is 360 g/mol. The summed E-state index contributed by atoms with van der Waals surface area (Å²) in [7, 11) is 0. The zero-order valence-electron chi connectivity index (χ0n) is 13.4. The summed E-state index contributed by atoms with van der Waals surface area (Å²) in [5.41, 5.74) is 2.69. The van der Waals surface area contributed by atoms with Gasteiger partial charge in [0.05, 0.1) is 16.3 Å². The summed E-state index contributed by atoms with van der Waals surface area (Å²) < 4.78 is 1.65. The molecule has 126 valence electrons. The van der Waals surface area contributed by atoms with Crippen molar-refractivity contribution >= 4 is 40.7 Å². The van der Waals surface area contributed by atoms with Crippen LogP contribution in [0.4, 0.5) is 5.69 Å². The van der Waals surface area contributed by atoms with Crippen molar-refractivity contribution in [1.82, 2.24) is 19.6 Å². The number of thioether (sulfide) groups is 1. The van der Waals surface area contributed by atoms with Gasteiger partial charge in [0.15, 0.2) is 0 Å². The van der Waals surface area contributed by atoms with Gasteiger partial charge in [-0.1, -0.05) is 23.4 Å². The number of carbonyl (C=O) groups excluding carboxylic acids is 1. The molecule has 3 aromatic rings. The van der Waals surface area contributed by atoms with Gasteiger partial charge in [-0.15, -0.1) is 5.10 Å². The van der Waals surface area contributed by atoms with Gasteiger partial charge >= 0.3 is 0 Å². The molecule has 0 unspecified atom stereocenters. The lowest BCUT2D eigenvalue weighted by Crippen LogP contribution is -2.14. The van der Waals surface area contributed by atoms with Crippen molar-refractivity contribution in [3.8, 4) is 6.07 Å². The molecule has 1 N–H and O–H groups in total. The number of nitriles is 1. The van der Waals surface area contributed by atoms with E-state index in [1.807, 2.05) is 26.0 Å². The maximum atomic E-state index is 12.1. The van der Waals surface area contributed by atoms with Gasteiger partial charge in [-0.25, -0.2) is 9.50 Å². The Morgan fingerprint density at radius 3 is 2.88 bits per heavy atom. The number of rotatable bonds is 4. The van der Waals surface area contributed by atoms with Crippen molar-refractivity contribution in [2.24, 2.45) is 0 Å². The van der Waals surface area contributed by atoms with E-state index in [0.29, 0.717) is 27.2 Å². The van der Waals surface area contributed by atoms with E-state index >= 15 is 0 Å². The van der Waals surface area contributed by atoms with Crippen LogP contribution >= 0.6 is 23.4 Å². The zero-order chi connectivity index (χ0) is 18.0. The average molecular weight is 373 g/mol. The lowest BCUT2D eigenvalue weighted by atomic mass is 10.2. The Morgan fingerprint density at radius 2 is 2.16 bits per heavy atom. The molecular formula is C16H13ClN6OS. The van der Waals surface area contributed by atoms with Crippen molar-refractivity contribution in [3.05, 3.63) is 46.2 Å². The second-order valence-corrected chi connectivity index (χ2v) is 6.64. The van der Waals surface area contributed by atoms with Gasteiger partial charge in [-0.3, -0.25) is 4.79 Å². The van der Waals surface area contributed by atoms with Crippen molar-refractivity contribution < 1.29 is 4.79 Å². The van der Waals surface area contributed by atoms with E-state index in [1.165, 1.54) is 11.8 Å². The third kappa shape index (κ3) is 3.90. The summed E-state index contributed by atoms with van der Waals surface area (Å²) in [5, 5.41) is 16.7. The molecule has 0 fully saturated rings. The van der Waals surface area contributed by atoms with E-state index in [9.17, 15) is 4.79 Å². The quantitative estimate of drug-likeness (QED) is 0.707. The van der Waals surface area contributed by atoms with Crippen LogP contribution in [0, 0.1) is 25.2 Å². The first-order valence-corrected chi connectivity index (χ1v) is 8.66. The highest BCUT2D eigenvalue weighted by atomic mass is 35.5. The fourth-order valence-electron chi connectivity index (χ4n) is 2.22. The Bertz CT molecular complexity index is 1010. The molecule has 0 bridgehead atoms. The van der Waals surface area contributed by atoms with E-state index < -0.39 is 0 Å². The second kappa shape index (κ2) is 7.09. The number of fused-ring (bicyclic) bond motifs is 1. The first-order valence-electron chi connectivity index (χ1n) is 7.29. The van der Waals surface area contributed by atoms with Gasteiger partial charge in [0.1, 0.15) is 6.07 Å². The van der Waals surface area contributed by atoms with E-state index in [-0.39, 0.29) is 11.7 Å². The topological polar surface area (TPSA) is 96.0 Å². The molecule has 1 amide bonds. The number of amides is 1. The average Bonchev–Trinajstić information content (AvgIpc) is 2.96. The van der Waals surface area contributed by atoms with Crippen LogP contribution in [-0.4, -0.2) is 31.2 Å². The predicted octanol–water partition coefficient (Wildman–Crippen LogP) is 3.00. The molecule has 1 aromatic carbocycles. The van der Waals surface area contributed by atoms with Gasteiger partial charge in [0.25, 0.3) is 5.78 Å². The summed E-state index contributed by atoms with van der Waals surface area (Å²) >= 11 is 7.17. The molecule has 0 radical (unpaired) electrons. The minimum absolute atomic E-state index is 0.145. The lowest BCUT2D eigenvalue weighted by molar-refractivity contribution is -0.113. The van der Waals surface area contributed by atoms with Gasteiger partial charge in [0.2, 0.25) is 11.1 Å². The highest BCUT2D eigenvalue weighted by Crippen LogP contribution is 2.21. The molecule has 25 heavy (non-hydrogen) atoms. The van der Waals surface area contributed by atoms with E-state index in [1.54, 1.807) is 22.7 Å². The van der Waals surface area contributed by atoms with Crippen molar-refractivity contribution in [3.63, 3.8) is 0 Å². The molecule has 0 aliphatic rings. The number of nitrogens with one attached hydrogen (secondary N) is 1. The highest BCUT2D eigenvalue weighted by molar-refractivity contribution is 7.99. The fraction of sp³-hybridized carbons (Fsp3) is 0.188. The van der Waals surface area contributed by atoms with Gasteiger partial charge in [0, 0.05) is 17.1 Å². The number of hydrogen-bond donors (Lipinski definition) is 1. The van der Waals surface area contributed by atoms with Gasteiger partial charge < -0.3 is 5.32 Å². The van der Waals surface area contributed by atoms with E-state index in [0.717, 1.165) is 11.4 Å². The molecule has 0 atom stereocenters. The molecule has 3 rings (SSSR count). The minimum Gasteiger partial charge on any atom is -0.325 e. The van der Waals surface area contributed by atoms with E-state index in [4.69, 9.17) is 16.9 Å². The molecule has 7 nitrogen and oxygen atoms in total. The Morgan fingerprint density at radius 1 is 1.36 bits per heavy atom. The summed E-state index contributed by atoms with van der Waals surface area (Å²) in [6, 6.07) is 8.62. The van der Waals surface area contributed by atoms with Crippen LogP contribution in [0.5, 0.6) is 0 Å². The predicted molar refractivity (Wildman–Crippen MR) is 95.8 cm³/mol. The Balaban J connectivity index is 1.65. The third-order valence-electron chi connectivity index (χ3n) is 3.30. The second-order valence-electron chi connectivity index (χ2n) is 5.29. The smallest absolute Gasteiger partial charge is 0.253 e. The van der Waals surface area contributed by atoms with Crippen LogP contribution in [0.3, 0.4) is 0 Å². The number of halogens is 1. The summed E-state index contributed by atoms with van der Waals surface area (Å²) in [6.07, 6.45) is 0. The number of hydrogen-bond acceptors (Lipinski definition) is 6. The van der Waals surface area contributed by atoms with Gasteiger partial charge in [-0.05, 0) is 38.1 Å². The summed E-state index contributed by atoms with van der Waals surface area (Å²) in [4.78, 5) is 20.7. The Hall–Kier alpha value is -2.63. The normalized spacial score (nSPS) is 10.6. The summed E-state index contributed by atoms with van der Waals surface area (Å²) in [6.45, 7) is 3.82. The van der Waals surface area contributed by atoms with Crippen LogP contribution < -0.4 is 5.32 Å². The maximum Gasteiger partial charge on any atom is 0.253 e. The van der Waals surface area contributed by atoms with E-state index in [2.05, 4.69) is 20.4 Å². The molecule has 0 aliphatic carbocycles. The number of aromatic nitrogens is 4. The first kappa shape index (κ1) is 17.2. The largest absolute Gasteiger partial charge is 0.325 e. The molecule has 0 aliphatic heterocycles. The Kier molecular flexibility index (Phi) is 4.88. The number of aryl methyl sites for hydroxylation is 2. The van der Waals surface area contributed by atoms with Crippen LogP contribution in [0.2, 0.25) is 5.02 Å². The first-order chi connectivity index (χ1) is 12.0. The monoisotopic (exact) mass is 372 g/mol. The number of nitrogens with zero attached hydrogens (tertiary/aromatic N) is 5. The third-order valence-corrected chi connectivity index (χ3v) is 4.45. The van der Waals surface area contributed by atoms with Crippen LogP contribution in [0.1, 0.15) is 17.0 Å². The SMILES string of the molecule is Cc1cc(C)n2nc(SCC(=O)Nc3ccc(C#N)c(Cl)c3)nc2n1. The lowest BCUT2D eigenvalue weighted by Gasteiger charge is -2.05. The Labute approximate surface area is 153 Å². The highest BCUT2D eigenvalue weighted by Gasteiger charge is 2.11. The summed E-state index contributed by atoms with van der Waals surface area (Å²) in [5.74, 6) is 0.441. The van der Waals surface area contributed by atoms with Crippen molar-refractivity contribution in [2.75, 3.05) is 11.1 Å². The number of carbonyl (C=O) groups is 1. The van der Waals surface area contributed by atoms with Gasteiger partial charge in [-0.2, -0.15) is 10.2 Å². The molecule has 0 saturated heterocycles. The molecule has 9 heteroatoms. The molecule has 2 heterocycles. The molecule has 0 spiro atoms. The standard InChI is InChI=1S/C16H13ClN6OS/c1-9-5-10(2)23-15(19-9)21-16(22-23)25-8-14(24)20-12-4-3-11(7-18)13(17)6-12/h3-6H,8H2,1-2H3,(H,20,24). The number of benzene rings is 1. The molecule has 2 aromatic heterocycles. The molecule has 0 saturated carbocycles. The van der Waals surface area contributed by atoms with Crippen molar-refractivity contribution in [1.29, 1.82) is 5.26 Å². The van der Waals surface area contributed by atoms with Crippen molar-refractivity contribution in [2.45, 2.75) is 19.0 Å². The van der Waals surface area contributed by atoms with Crippen LogP contribution in [-0.2, 0) is 4.79 Å². The number of anilines is 1. The fourth-order valence-corrected chi connectivity index (χ4v) is 3.06. The van der Waals surface area contributed by atoms with Crippen LogP contribution in [0.25, 0.3) is 5.78 Å².